The Morgan fingerprint density at radius 2 is 1.18 bits per heavy atom. The Morgan fingerprint density at radius 1 is 0.667 bits per heavy atom. The second-order valence-corrected chi connectivity index (χ2v) is 7.68. The van der Waals surface area contributed by atoms with E-state index in [0.29, 0.717) is 11.3 Å². The van der Waals surface area contributed by atoms with Crippen molar-refractivity contribution in [1.29, 1.82) is 5.26 Å². The number of benzene rings is 4. The van der Waals surface area contributed by atoms with Gasteiger partial charge in [0.05, 0.1) is 11.6 Å². The molecule has 0 saturated heterocycles. The SMILES string of the molecule is N#Cc1ccc(Oc2ccc(C(c3ccccc3)(c3ccccc3)c3ncc[nH]3)cc2)cc1. The number of nitrogens with zero attached hydrogens (tertiary/aromatic N) is 2. The Labute approximate surface area is 192 Å². The fourth-order valence-electron chi connectivity index (χ4n) is 4.26. The van der Waals surface area contributed by atoms with Gasteiger partial charge in [-0.1, -0.05) is 72.8 Å². The number of hydrogen-bond acceptors (Lipinski definition) is 3. The van der Waals surface area contributed by atoms with Crippen molar-refractivity contribution in [3.63, 3.8) is 0 Å². The van der Waals surface area contributed by atoms with Crippen LogP contribution < -0.4 is 4.74 Å². The van der Waals surface area contributed by atoms with Crippen LogP contribution in [0.25, 0.3) is 0 Å². The average molecular weight is 428 g/mol. The van der Waals surface area contributed by atoms with Gasteiger partial charge in [-0.15, -0.1) is 0 Å². The average Bonchev–Trinajstić information content (AvgIpc) is 3.43. The van der Waals surface area contributed by atoms with Crippen LogP contribution in [-0.2, 0) is 5.41 Å². The quantitative estimate of drug-likeness (QED) is 0.317. The molecule has 0 bridgehead atoms. The summed E-state index contributed by atoms with van der Waals surface area (Å²) < 4.78 is 6.01. The van der Waals surface area contributed by atoms with Gasteiger partial charge in [0, 0.05) is 12.4 Å². The summed E-state index contributed by atoms with van der Waals surface area (Å²) in [4.78, 5) is 8.08. The summed E-state index contributed by atoms with van der Waals surface area (Å²) in [6.07, 6.45) is 3.65. The molecule has 4 nitrogen and oxygen atoms in total. The number of nitrogens with one attached hydrogen (secondary N) is 1. The molecule has 5 aromatic rings. The van der Waals surface area contributed by atoms with Gasteiger partial charge >= 0.3 is 0 Å². The van der Waals surface area contributed by atoms with E-state index in [9.17, 15) is 0 Å². The third kappa shape index (κ3) is 3.77. The van der Waals surface area contributed by atoms with Gasteiger partial charge in [0.15, 0.2) is 0 Å². The van der Waals surface area contributed by atoms with Crippen molar-refractivity contribution in [2.45, 2.75) is 5.41 Å². The zero-order chi connectivity index (χ0) is 22.5. The maximum Gasteiger partial charge on any atom is 0.127 e. The third-order valence-electron chi connectivity index (χ3n) is 5.77. The number of nitriles is 1. The van der Waals surface area contributed by atoms with E-state index in [1.54, 1.807) is 30.5 Å². The molecule has 158 valence electrons. The lowest BCUT2D eigenvalue weighted by molar-refractivity contribution is 0.482. The van der Waals surface area contributed by atoms with Crippen LogP contribution in [0.3, 0.4) is 0 Å². The van der Waals surface area contributed by atoms with Crippen LogP contribution in [0.2, 0.25) is 0 Å². The lowest BCUT2D eigenvalue weighted by Crippen LogP contribution is -2.32. The fraction of sp³-hybridized carbons (Fsp3) is 0.0345. The van der Waals surface area contributed by atoms with Crippen molar-refractivity contribution in [2.24, 2.45) is 0 Å². The van der Waals surface area contributed by atoms with Crippen LogP contribution in [-0.4, -0.2) is 9.97 Å². The molecule has 0 fully saturated rings. The Morgan fingerprint density at radius 3 is 1.67 bits per heavy atom. The van der Waals surface area contributed by atoms with E-state index in [0.717, 1.165) is 28.3 Å². The number of rotatable bonds is 6. The molecule has 0 aliphatic carbocycles. The maximum absolute atomic E-state index is 8.99. The van der Waals surface area contributed by atoms with Gasteiger partial charge in [-0.05, 0) is 53.1 Å². The minimum absolute atomic E-state index is 0.603. The van der Waals surface area contributed by atoms with E-state index < -0.39 is 5.41 Å². The van der Waals surface area contributed by atoms with E-state index >= 15 is 0 Å². The molecule has 0 saturated carbocycles. The van der Waals surface area contributed by atoms with Crippen molar-refractivity contribution in [2.75, 3.05) is 0 Å². The third-order valence-corrected chi connectivity index (χ3v) is 5.77. The van der Waals surface area contributed by atoms with Gasteiger partial charge < -0.3 is 9.72 Å². The molecule has 4 aromatic carbocycles. The van der Waals surface area contributed by atoms with Crippen molar-refractivity contribution in [1.82, 2.24) is 9.97 Å². The molecule has 0 spiro atoms. The zero-order valence-electron chi connectivity index (χ0n) is 17.8. The number of aromatic nitrogens is 2. The summed E-state index contributed by atoms with van der Waals surface area (Å²) in [6.45, 7) is 0. The lowest BCUT2D eigenvalue weighted by Gasteiger charge is -2.34. The minimum atomic E-state index is -0.612. The van der Waals surface area contributed by atoms with Gasteiger partial charge in [0.2, 0.25) is 0 Å². The predicted molar refractivity (Wildman–Crippen MR) is 128 cm³/mol. The predicted octanol–water partition coefficient (Wildman–Crippen LogP) is 6.46. The second-order valence-electron chi connectivity index (χ2n) is 7.68. The molecule has 4 heteroatoms. The first-order valence-corrected chi connectivity index (χ1v) is 10.7. The Bertz CT molecular complexity index is 1310. The second kappa shape index (κ2) is 8.86. The monoisotopic (exact) mass is 427 g/mol. The molecule has 0 aliphatic rings. The van der Waals surface area contributed by atoms with Gasteiger partial charge in [0.25, 0.3) is 0 Å². The van der Waals surface area contributed by atoms with E-state index in [1.807, 2.05) is 30.5 Å². The number of imidazole rings is 1. The first kappa shape index (κ1) is 20.3. The summed E-state index contributed by atoms with van der Waals surface area (Å²) in [5.41, 5.74) is 3.30. The van der Waals surface area contributed by atoms with Crippen LogP contribution in [0.1, 0.15) is 28.1 Å². The van der Waals surface area contributed by atoms with Crippen LogP contribution >= 0.6 is 0 Å². The lowest BCUT2D eigenvalue weighted by atomic mass is 9.69. The molecule has 0 amide bonds. The topological polar surface area (TPSA) is 61.7 Å². The van der Waals surface area contributed by atoms with Crippen molar-refractivity contribution >= 4 is 0 Å². The summed E-state index contributed by atoms with van der Waals surface area (Å²) in [6, 6.07) is 38.1. The maximum atomic E-state index is 8.99. The first-order valence-electron chi connectivity index (χ1n) is 10.7. The van der Waals surface area contributed by atoms with Crippen molar-refractivity contribution in [3.8, 4) is 17.6 Å². The molecular weight excluding hydrogens is 406 g/mol. The molecular formula is C29H21N3O. The number of hydrogen-bond donors (Lipinski definition) is 1. The van der Waals surface area contributed by atoms with Gasteiger partial charge in [0.1, 0.15) is 22.7 Å². The normalized spacial score (nSPS) is 11.0. The Hall–Kier alpha value is -4.62. The number of ether oxygens (including phenoxy) is 1. The highest BCUT2D eigenvalue weighted by Gasteiger charge is 2.40. The molecule has 1 aromatic heterocycles. The standard InChI is InChI=1S/C29H21N3O/c30-21-22-11-15-26(16-12-22)33-27-17-13-25(14-18-27)29(28-31-19-20-32-28,23-7-3-1-4-8-23)24-9-5-2-6-10-24/h1-20H,(H,31,32). The van der Waals surface area contributed by atoms with Crippen LogP contribution in [0, 0.1) is 11.3 Å². The molecule has 1 N–H and O–H groups in total. The minimum Gasteiger partial charge on any atom is -0.457 e. The first-order chi connectivity index (χ1) is 16.3. The van der Waals surface area contributed by atoms with Gasteiger partial charge in [-0.25, -0.2) is 4.98 Å². The summed E-state index contributed by atoms with van der Waals surface area (Å²) in [5.74, 6) is 2.25. The molecule has 0 radical (unpaired) electrons. The largest absolute Gasteiger partial charge is 0.457 e. The van der Waals surface area contributed by atoms with Crippen LogP contribution in [0.15, 0.2) is 122 Å². The van der Waals surface area contributed by atoms with E-state index in [1.165, 1.54) is 0 Å². The highest BCUT2D eigenvalue weighted by molar-refractivity contribution is 5.57. The number of aromatic amines is 1. The van der Waals surface area contributed by atoms with Gasteiger partial charge in [-0.2, -0.15) is 5.26 Å². The highest BCUT2D eigenvalue weighted by atomic mass is 16.5. The molecule has 5 rings (SSSR count). The highest BCUT2D eigenvalue weighted by Crippen LogP contribution is 2.44. The van der Waals surface area contributed by atoms with E-state index in [-0.39, 0.29) is 0 Å². The molecule has 0 atom stereocenters. The Kier molecular flexibility index (Phi) is 5.45. The van der Waals surface area contributed by atoms with E-state index in [2.05, 4.69) is 71.7 Å². The zero-order valence-corrected chi connectivity index (χ0v) is 17.8. The molecule has 0 unspecified atom stereocenters. The smallest absolute Gasteiger partial charge is 0.127 e. The van der Waals surface area contributed by atoms with E-state index in [4.69, 9.17) is 15.0 Å². The number of H-pyrrole nitrogens is 1. The van der Waals surface area contributed by atoms with Crippen LogP contribution in [0.5, 0.6) is 11.5 Å². The van der Waals surface area contributed by atoms with Crippen molar-refractivity contribution < 1.29 is 4.74 Å². The summed E-state index contributed by atoms with van der Waals surface area (Å²) in [7, 11) is 0. The summed E-state index contributed by atoms with van der Waals surface area (Å²) >= 11 is 0. The van der Waals surface area contributed by atoms with Crippen LogP contribution in [0.4, 0.5) is 0 Å². The summed E-state index contributed by atoms with van der Waals surface area (Å²) in [5, 5.41) is 8.99. The van der Waals surface area contributed by atoms with Crippen molar-refractivity contribution in [3.05, 3.63) is 150 Å². The Balaban J connectivity index is 1.62. The molecule has 0 aliphatic heterocycles. The fourth-order valence-corrected chi connectivity index (χ4v) is 4.26. The molecule has 1 heterocycles. The van der Waals surface area contributed by atoms with Gasteiger partial charge in [-0.3, -0.25) is 0 Å². The molecule has 33 heavy (non-hydrogen) atoms.